The Balaban J connectivity index is 1.84. The first-order chi connectivity index (χ1) is 13.6. The number of rotatable bonds is 2. The van der Waals surface area contributed by atoms with Crippen molar-refractivity contribution in [2.45, 2.75) is 0 Å². The highest BCUT2D eigenvalue weighted by molar-refractivity contribution is 8.00. The number of pyridine rings is 1. The highest BCUT2D eigenvalue weighted by Crippen LogP contribution is 2.32. The van der Waals surface area contributed by atoms with Gasteiger partial charge in [-0.2, -0.15) is 0 Å². The minimum absolute atomic E-state index is 0.0826. The van der Waals surface area contributed by atoms with Gasteiger partial charge in [0.15, 0.2) is 5.25 Å². The molecule has 0 radical (unpaired) electrons. The fourth-order valence-electron chi connectivity index (χ4n) is 3.02. The number of nitrogens with zero attached hydrogens (tertiary/aromatic N) is 3. The summed E-state index contributed by atoms with van der Waals surface area (Å²) in [6, 6.07) is 18.2. The predicted molar refractivity (Wildman–Crippen MR) is 119 cm³/mol. The predicted octanol–water partition coefficient (Wildman–Crippen LogP) is 4.13. The Kier molecular flexibility index (Phi) is 4.96. The summed E-state index contributed by atoms with van der Waals surface area (Å²) < 4.78 is 0. The van der Waals surface area contributed by atoms with Crippen molar-refractivity contribution in [1.82, 2.24) is 15.0 Å². The second kappa shape index (κ2) is 7.71. The molecular formula is C23H19N4S+. The Labute approximate surface area is 167 Å². The van der Waals surface area contributed by atoms with Crippen LogP contribution in [0.25, 0.3) is 33.3 Å². The quantitative estimate of drug-likeness (QED) is 0.418. The molecule has 2 heterocycles. The van der Waals surface area contributed by atoms with Crippen molar-refractivity contribution in [3.8, 4) is 33.6 Å². The van der Waals surface area contributed by atoms with E-state index >= 15 is 0 Å². The van der Waals surface area contributed by atoms with Crippen molar-refractivity contribution in [3.63, 3.8) is 0 Å². The Morgan fingerprint density at radius 2 is 1.79 bits per heavy atom. The molecular weight excluding hydrogens is 364 g/mol. The molecule has 0 aliphatic heterocycles. The molecule has 0 spiro atoms. The van der Waals surface area contributed by atoms with Crippen molar-refractivity contribution in [3.05, 3.63) is 72.7 Å². The summed E-state index contributed by atoms with van der Waals surface area (Å²) in [5.41, 5.74) is 11.9. The van der Waals surface area contributed by atoms with E-state index in [1.807, 2.05) is 42.6 Å². The summed E-state index contributed by atoms with van der Waals surface area (Å²) >= 11 is 0. The molecule has 0 unspecified atom stereocenters. The molecule has 4 nitrogen and oxygen atoms in total. The second-order valence-corrected chi connectivity index (χ2v) is 8.35. The molecule has 2 aromatic carbocycles. The van der Waals surface area contributed by atoms with Crippen molar-refractivity contribution >= 4 is 27.6 Å². The van der Waals surface area contributed by atoms with E-state index in [1.54, 1.807) is 0 Å². The highest BCUT2D eigenvalue weighted by atomic mass is 32.2. The molecule has 2 N–H and O–H groups in total. The lowest BCUT2D eigenvalue weighted by Crippen LogP contribution is -1.94. The molecule has 4 rings (SSSR count). The standard InChI is InChI=1S/C23H19N4S/c1-28(2)12-10-16-5-3-6-18(13-16)22-19(7-4-11-25-22)17-8-9-21-20(14-17)23(24)27-15-26-21/h3-9,11,13-15H,1-2H3,(H2,24,26,27)/q+1. The summed E-state index contributed by atoms with van der Waals surface area (Å²) in [6.45, 7) is 0. The molecule has 0 saturated carbocycles. The van der Waals surface area contributed by atoms with Gasteiger partial charge in [-0.1, -0.05) is 24.3 Å². The number of nitrogens with two attached hydrogens (primary N) is 1. The van der Waals surface area contributed by atoms with Crippen LogP contribution >= 0.6 is 0 Å². The zero-order valence-electron chi connectivity index (χ0n) is 15.7. The Morgan fingerprint density at radius 1 is 0.893 bits per heavy atom. The third-order valence-electron chi connectivity index (χ3n) is 4.32. The van der Waals surface area contributed by atoms with Gasteiger partial charge in [-0.05, 0) is 41.8 Å². The lowest BCUT2D eigenvalue weighted by atomic mass is 9.97. The zero-order chi connectivity index (χ0) is 19.5. The molecule has 2 aromatic heterocycles. The molecule has 28 heavy (non-hydrogen) atoms. The zero-order valence-corrected chi connectivity index (χ0v) is 16.5. The third-order valence-corrected chi connectivity index (χ3v) is 4.83. The number of hydrogen-bond acceptors (Lipinski definition) is 4. The molecule has 0 aliphatic carbocycles. The Bertz CT molecular complexity index is 1220. The topological polar surface area (TPSA) is 64.7 Å². The van der Waals surface area contributed by atoms with E-state index in [2.05, 4.69) is 56.8 Å². The normalized spacial score (nSPS) is 10.7. The maximum atomic E-state index is 6.05. The monoisotopic (exact) mass is 383 g/mol. The van der Waals surface area contributed by atoms with Crippen LogP contribution in [0, 0.1) is 11.2 Å². The minimum atomic E-state index is 0.0826. The summed E-state index contributed by atoms with van der Waals surface area (Å²) in [5.74, 6) is 3.72. The second-order valence-electron chi connectivity index (χ2n) is 6.51. The third kappa shape index (κ3) is 3.68. The van der Waals surface area contributed by atoms with Crippen molar-refractivity contribution < 1.29 is 0 Å². The van der Waals surface area contributed by atoms with Crippen molar-refractivity contribution in [2.75, 3.05) is 18.2 Å². The van der Waals surface area contributed by atoms with Gasteiger partial charge in [0.25, 0.3) is 0 Å². The van der Waals surface area contributed by atoms with Gasteiger partial charge >= 0.3 is 0 Å². The smallest absolute Gasteiger partial charge is 0.156 e. The molecule has 0 fully saturated rings. The summed E-state index contributed by atoms with van der Waals surface area (Å²) in [5, 5.41) is 4.08. The lowest BCUT2D eigenvalue weighted by Gasteiger charge is -2.10. The largest absolute Gasteiger partial charge is 0.383 e. The fourth-order valence-corrected chi connectivity index (χ4v) is 3.34. The van der Waals surface area contributed by atoms with Crippen LogP contribution in [0.4, 0.5) is 5.82 Å². The average Bonchev–Trinajstić information content (AvgIpc) is 2.73. The highest BCUT2D eigenvalue weighted by Gasteiger charge is 2.11. The summed E-state index contributed by atoms with van der Waals surface area (Å²) in [7, 11) is 0.0826. The van der Waals surface area contributed by atoms with Gasteiger partial charge in [-0.15, -0.1) is 0 Å². The number of benzene rings is 2. The van der Waals surface area contributed by atoms with Gasteiger partial charge < -0.3 is 5.73 Å². The molecule has 136 valence electrons. The number of anilines is 1. The van der Waals surface area contributed by atoms with Crippen LogP contribution in [-0.2, 0) is 10.9 Å². The molecule has 0 aliphatic rings. The van der Waals surface area contributed by atoms with Crippen molar-refractivity contribution in [2.24, 2.45) is 0 Å². The molecule has 0 atom stereocenters. The Hall–Kier alpha value is -3.36. The first-order valence-corrected chi connectivity index (χ1v) is 10.8. The van der Waals surface area contributed by atoms with Gasteiger partial charge in [0, 0.05) is 28.3 Å². The van der Waals surface area contributed by atoms with Gasteiger partial charge in [0.05, 0.1) is 22.1 Å². The van der Waals surface area contributed by atoms with E-state index in [0.717, 1.165) is 38.9 Å². The number of aromatic nitrogens is 3. The number of nitrogen functional groups attached to an aromatic ring is 1. The maximum Gasteiger partial charge on any atom is 0.156 e. The fraction of sp³-hybridized carbons (Fsp3) is 0.0870. The molecule has 0 bridgehead atoms. The minimum Gasteiger partial charge on any atom is -0.383 e. The van der Waals surface area contributed by atoms with Gasteiger partial charge in [0.2, 0.25) is 0 Å². The number of hydrogen-bond donors (Lipinski definition) is 1. The van der Waals surface area contributed by atoms with Gasteiger partial charge in [0.1, 0.15) is 24.7 Å². The maximum absolute atomic E-state index is 6.05. The van der Waals surface area contributed by atoms with E-state index in [1.165, 1.54) is 6.33 Å². The van der Waals surface area contributed by atoms with E-state index < -0.39 is 0 Å². The molecule has 0 saturated heterocycles. The van der Waals surface area contributed by atoms with Crippen LogP contribution in [0.15, 0.2) is 67.1 Å². The van der Waals surface area contributed by atoms with E-state index in [0.29, 0.717) is 5.82 Å². The van der Waals surface area contributed by atoms with Crippen LogP contribution in [0.2, 0.25) is 0 Å². The molecule has 0 amide bonds. The first-order valence-electron chi connectivity index (χ1n) is 8.77. The van der Waals surface area contributed by atoms with Gasteiger partial charge in [-0.25, -0.2) is 9.97 Å². The Morgan fingerprint density at radius 3 is 2.64 bits per heavy atom. The number of fused-ring (bicyclic) bond motifs is 1. The van der Waals surface area contributed by atoms with Crippen LogP contribution in [0.3, 0.4) is 0 Å². The van der Waals surface area contributed by atoms with Gasteiger partial charge in [-0.3, -0.25) is 4.98 Å². The van der Waals surface area contributed by atoms with E-state index in [9.17, 15) is 0 Å². The van der Waals surface area contributed by atoms with E-state index in [4.69, 9.17) is 5.73 Å². The van der Waals surface area contributed by atoms with Crippen LogP contribution in [0.1, 0.15) is 5.56 Å². The summed E-state index contributed by atoms with van der Waals surface area (Å²) in [6.07, 6.45) is 7.52. The molecule has 4 aromatic rings. The van der Waals surface area contributed by atoms with Crippen LogP contribution < -0.4 is 5.73 Å². The lowest BCUT2D eigenvalue weighted by molar-refractivity contribution is 1.23. The van der Waals surface area contributed by atoms with E-state index in [-0.39, 0.29) is 10.9 Å². The summed E-state index contributed by atoms with van der Waals surface area (Å²) in [4.78, 5) is 13.0. The molecule has 5 heteroatoms. The SMILES string of the molecule is C[S+](C)C#Cc1cccc(-c2ncccc2-c2ccc3ncnc(N)c3c2)c1. The van der Waals surface area contributed by atoms with Crippen molar-refractivity contribution in [1.29, 1.82) is 0 Å². The first kappa shape index (κ1) is 18.0. The van der Waals surface area contributed by atoms with Crippen LogP contribution in [0.5, 0.6) is 0 Å². The van der Waals surface area contributed by atoms with Crippen LogP contribution in [-0.4, -0.2) is 27.5 Å². The average molecular weight is 384 g/mol.